The molecule has 2 N–H and O–H groups in total. The maximum atomic E-state index is 11.6. The number of carbonyl (C=O) groups excluding carboxylic acids is 1. The van der Waals surface area contributed by atoms with Crippen LogP contribution in [0.2, 0.25) is 0 Å². The van der Waals surface area contributed by atoms with Crippen molar-refractivity contribution < 1.29 is 14.1 Å². The minimum absolute atomic E-state index is 0.0170. The van der Waals surface area contributed by atoms with Crippen molar-refractivity contribution in [2.24, 2.45) is 0 Å². The van der Waals surface area contributed by atoms with Gasteiger partial charge in [0, 0.05) is 33.2 Å². The van der Waals surface area contributed by atoms with Gasteiger partial charge in [-0.05, 0) is 13.3 Å². The van der Waals surface area contributed by atoms with Gasteiger partial charge in [-0.1, -0.05) is 5.16 Å². The van der Waals surface area contributed by atoms with Crippen LogP contribution in [-0.2, 0) is 16.0 Å². The molecule has 0 radical (unpaired) electrons. The number of amides is 1. The van der Waals surface area contributed by atoms with Crippen LogP contribution in [0.15, 0.2) is 10.9 Å². The van der Waals surface area contributed by atoms with Gasteiger partial charge in [-0.2, -0.15) is 4.98 Å². The summed E-state index contributed by atoms with van der Waals surface area (Å²) in [4.78, 5) is 15.5. The predicted octanol–water partition coefficient (Wildman–Crippen LogP) is -0.257. The Morgan fingerprint density at radius 3 is 3.06 bits per heavy atom. The molecule has 1 unspecified atom stereocenters. The molecule has 1 rings (SSSR count). The van der Waals surface area contributed by atoms with Crippen LogP contribution in [0.3, 0.4) is 0 Å². The molecule has 1 amide bonds. The van der Waals surface area contributed by atoms with Crippen molar-refractivity contribution in [1.82, 2.24) is 20.8 Å². The maximum Gasteiger partial charge on any atom is 0.236 e. The SMILES string of the molecule is COCCCNC(=O)C(C)NCCc1ncno1. The molecular formula is C11H20N4O3. The van der Waals surface area contributed by atoms with Crippen molar-refractivity contribution in [2.75, 3.05) is 26.8 Å². The van der Waals surface area contributed by atoms with E-state index in [0.29, 0.717) is 32.0 Å². The van der Waals surface area contributed by atoms with E-state index in [4.69, 9.17) is 9.26 Å². The van der Waals surface area contributed by atoms with E-state index in [1.54, 1.807) is 7.11 Å². The summed E-state index contributed by atoms with van der Waals surface area (Å²) in [6, 6.07) is -0.240. The van der Waals surface area contributed by atoms with Crippen LogP contribution >= 0.6 is 0 Å². The number of ether oxygens (including phenoxy) is 1. The van der Waals surface area contributed by atoms with E-state index in [2.05, 4.69) is 20.8 Å². The molecule has 0 spiro atoms. The van der Waals surface area contributed by atoms with E-state index in [1.165, 1.54) is 6.33 Å². The number of hydrogen-bond donors (Lipinski definition) is 2. The summed E-state index contributed by atoms with van der Waals surface area (Å²) in [5.41, 5.74) is 0. The highest BCUT2D eigenvalue weighted by Gasteiger charge is 2.11. The number of aromatic nitrogens is 2. The molecule has 0 aromatic carbocycles. The van der Waals surface area contributed by atoms with Gasteiger partial charge < -0.3 is 19.9 Å². The van der Waals surface area contributed by atoms with Crippen molar-refractivity contribution >= 4 is 5.91 Å². The van der Waals surface area contributed by atoms with Gasteiger partial charge in [0.1, 0.15) is 0 Å². The van der Waals surface area contributed by atoms with Gasteiger partial charge in [-0.25, -0.2) is 0 Å². The molecule has 1 aromatic rings. The van der Waals surface area contributed by atoms with Crippen molar-refractivity contribution in [2.45, 2.75) is 25.8 Å². The van der Waals surface area contributed by atoms with Crippen LogP contribution in [0.5, 0.6) is 0 Å². The fourth-order valence-corrected chi connectivity index (χ4v) is 1.38. The molecule has 18 heavy (non-hydrogen) atoms. The Bertz CT molecular complexity index is 329. The molecule has 7 nitrogen and oxygen atoms in total. The van der Waals surface area contributed by atoms with Gasteiger partial charge >= 0.3 is 0 Å². The minimum atomic E-state index is -0.240. The third-order valence-electron chi connectivity index (χ3n) is 2.41. The summed E-state index contributed by atoms with van der Waals surface area (Å²) in [7, 11) is 1.64. The lowest BCUT2D eigenvalue weighted by atomic mass is 10.3. The first-order valence-corrected chi connectivity index (χ1v) is 5.99. The summed E-state index contributed by atoms with van der Waals surface area (Å²) < 4.78 is 9.75. The van der Waals surface area contributed by atoms with Gasteiger partial charge in [-0.15, -0.1) is 0 Å². The molecule has 0 bridgehead atoms. The van der Waals surface area contributed by atoms with E-state index >= 15 is 0 Å². The second-order valence-electron chi connectivity index (χ2n) is 3.90. The number of methoxy groups -OCH3 is 1. The number of nitrogens with one attached hydrogen (secondary N) is 2. The summed E-state index contributed by atoms with van der Waals surface area (Å²) in [5.74, 6) is 0.548. The van der Waals surface area contributed by atoms with Crippen LogP contribution in [0.4, 0.5) is 0 Å². The third kappa shape index (κ3) is 5.74. The Balaban J connectivity index is 2.08. The molecule has 1 aromatic heterocycles. The van der Waals surface area contributed by atoms with E-state index in [1.807, 2.05) is 6.92 Å². The fraction of sp³-hybridized carbons (Fsp3) is 0.727. The zero-order chi connectivity index (χ0) is 13.2. The molecule has 0 aliphatic heterocycles. The maximum absolute atomic E-state index is 11.6. The normalized spacial score (nSPS) is 12.3. The van der Waals surface area contributed by atoms with Gasteiger partial charge in [0.2, 0.25) is 11.8 Å². The van der Waals surface area contributed by atoms with E-state index in [0.717, 1.165) is 6.42 Å². The summed E-state index contributed by atoms with van der Waals surface area (Å²) >= 11 is 0. The second kappa shape index (κ2) is 8.60. The standard InChI is InChI=1S/C11H20N4O3/c1-9(11(16)13-5-3-7-17-2)12-6-4-10-14-8-15-18-10/h8-9,12H,3-7H2,1-2H3,(H,13,16). The fourth-order valence-electron chi connectivity index (χ4n) is 1.38. The number of carbonyl (C=O) groups is 1. The lowest BCUT2D eigenvalue weighted by Crippen LogP contribution is -2.43. The van der Waals surface area contributed by atoms with E-state index in [-0.39, 0.29) is 11.9 Å². The van der Waals surface area contributed by atoms with Crippen LogP contribution in [-0.4, -0.2) is 48.9 Å². The quantitative estimate of drug-likeness (QED) is 0.592. The first-order chi connectivity index (χ1) is 8.74. The third-order valence-corrected chi connectivity index (χ3v) is 2.41. The molecule has 102 valence electrons. The van der Waals surface area contributed by atoms with Gasteiger partial charge in [0.25, 0.3) is 0 Å². The van der Waals surface area contributed by atoms with Gasteiger partial charge in [0.05, 0.1) is 6.04 Å². The summed E-state index contributed by atoms with van der Waals surface area (Å²) in [5, 5.41) is 9.43. The molecule has 7 heteroatoms. The molecule has 0 saturated carbocycles. The van der Waals surface area contributed by atoms with Crippen molar-refractivity contribution in [3.63, 3.8) is 0 Å². The highest BCUT2D eigenvalue weighted by molar-refractivity contribution is 5.81. The Hall–Kier alpha value is -1.47. The first-order valence-electron chi connectivity index (χ1n) is 5.99. The molecule has 0 saturated heterocycles. The van der Waals surface area contributed by atoms with E-state index < -0.39 is 0 Å². The summed E-state index contributed by atoms with van der Waals surface area (Å²) in [6.45, 7) is 3.72. The number of nitrogens with zero attached hydrogens (tertiary/aromatic N) is 2. The molecule has 1 atom stereocenters. The van der Waals surface area contributed by atoms with Crippen molar-refractivity contribution in [3.05, 3.63) is 12.2 Å². The van der Waals surface area contributed by atoms with Crippen LogP contribution in [0.25, 0.3) is 0 Å². The number of rotatable bonds is 9. The largest absolute Gasteiger partial charge is 0.385 e. The highest BCUT2D eigenvalue weighted by atomic mass is 16.5. The average molecular weight is 256 g/mol. The monoisotopic (exact) mass is 256 g/mol. The second-order valence-corrected chi connectivity index (χ2v) is 3.90. The Morgan fingerprint density at radius 2 is 2.39 bits per heavy atom. The molecule has 1 heterocycles. The van der Waals surface area contributed by atoms with Crippen LogP contribution in [0, 0.1) is 0 Å². The smallest absolute Gasteiger partial charge is 0.236 e. The van der Waals surface area contributed by atoms with Crippen molar-refractivity contribution in [1.29, 1.82) is 0 Å². The lowest BCUT2D eigenvalue weighted by molar-refractivity contribution is -0.122. The zero-order valence-corrected chi connectivity index (χ0v) is 10.8. The Kier molecular flexibility index (Phi) is 6.97. The first kappa shape index (κ1) is 14.6. The Labute approximate surface area is 106 Å². The van der Waals surface area contributed by atoms with Crippen molar-refractivity contribution in [3.8, 4) is 0 Å². The summed E-state index contributed by atoms with van der Waals surface area (Å²) in [6.07, 6.45) is 2.79. The average Bonchev–Trinajstić information content (AvgIpc) is 2.87. The molecule has 0 aliphatic rings. The van der Waals surface area contributed by atoms with Gasteiger partial charge in [0.15, 0.2) is 6.33 Å². The highest BCUT2D eigenvalue weighted by Crippen LogP contribution is 1.91. The topological polar surface area (TPSA) is 89.3 Å². The van der Waals surface area contributed by atoms with Crippen LogP contribution in [0.1, 0.15) is 19.2 Å². The molecule has 0 fully saturated rings. The molecule has 0 aliphatic carbocycles. The number of hydrogen-bond acceptors (Lipinski definition) is 6. The zero-order valence-electron chi connectivity index (χ0n) is 10.8. The predicted molar refractivity (Wildman–Crippen MR) is 65.0 cm³/mol. The van der Waals surface area contributed by atoms with Crippen LogP contribution < -0.4 is 10.6 Å². The lowest BCUT2D eigenvalue weighted by Gasteiger charge is -2.13. The minimum Gasteiger partial charge on any atom is -0.385 e. The van der Waals surface area contributed by atoms with E-state index in [9.17, 15) is 4.79 Å². The Morgan fingerprint density at radius 1 is 1.56 bits per heavy atom. The molecular weight excluding hydrogens is 236 g/mol. The van der Waals surface area contributed by atoms with Gasteiger partial charge in [-0.3, -0.25) is 4.79 Å².